The van der Waals surface area contributed by atoms with Gasteiger partial charge in [0.1, 0.15) is 22.9 Å². The third-order valence-electron chi connectivity index (χ3n) is 7.08. The summed E-state index contributed by atoms with van der Waals surface area (Å²) in [5.41, 5.74) is 3.74. The zero-order chi connectivity index (χ0) is 24.4. The van der Waals surface area contributed by atoms with Crippen molar-refractivity contribution in [1.82, 2.24) is 9.61 Å². The largest absolute Gasteiger partial charge is 0.496 e. The fourth-order valence-electron chi connectivity index (χ4n) is 5.03. The molecule has 2 aliphatic rings. The van der Waals surface area contributed by atoms with Crippen LogP contribution in [0.15, 0.2) is 30.3 Å². The fourth-order valence-corrected chi connectivity index (χ4v) is 5.03. The van der Waals surface area contributed by atoms with Crippen molar-refractivity contribution in [2.75, 3.05) is 59.6 Å². The zero-order valence-corrected chi connectivity index (χ0v) is 21.1. The number of methoxy groups -OCH3 is 4. The van der Waals surface area contributed by atoms with Gasteiger partial charge in [-0.05, 0) is 49.7 Å². The van der Waals surface area contributed by atoms with Crippen LogP contribution in [-0.4, -0.2) is 64.4 Å². The van der Waals surface area contributed by atoms with Crippen LogP contribution in [0.2, 0.25) is 0 Å². The monoisotopic (exact) mass is 481 g/mol. The van der Waals surface area contributed by atoms with E-state index in [1.54, 1.807) is 28.4 Å². The van der Waals surface area contributed by atoms with Gasteiger partial charge in [-0.1, -0.05) is 6.07 Å². The van der Waals surface area contributed by atoms with E-state index in [9.17, 15) is 0 Å². The maximum Gasteiger partial charge on any atom is 0.257 e. The highest BCUT2D eigenvalue weighted by Crippen LogP contribution is 2.44. The Bertz CT molecular complexity index is 1140. The van der Waals surface area contributed by atoms with Crippen molar-refractivity contribution in [2.24, 2.45) is 11.8 Å². The van der Waals surface area contributed by atoms with Gasteiger partial charge < -0.3 is 28.6 Å². The molecular weight excluding hydrogens is 446 g/mol. The molecule has 0 bridgehead atoms. The molecule has 0 amide bonds. The van der Waals surface area contributed by atoms with E-state index in [-0.39, 0.29) is 0 Å². The van der Waals surface area contributed by atoms with Crippen molar-refractivity contribution < 1.29 is 23.7 Å². The minimum absolute atomic E-state index is 0.604. The molecule has 3 aromatic rings. The number of pyridine rings is 1. The average Bonchev–Trinajstić information content (AvgIpc) is 3.64. The Balaban J connectivity index is 1.64. The normalized spacial score (nSPS) is 16.3. The Morgan fingerprint density at radius 3 is 2.11 bits per heavy atom. The molecule has 2 fully saturated rings. The van der Waals surface area contributed by atoms with Gasteiger partial charge in [-0.25, -0.2) is 4.52 Å². The van der Waals surface area contributed by atoms with Crippen molar-refractivity contribution in [3.63, 3.8) is 0 Å². The van der Waals surface area contributed by atoms with Crippen LogP contribution in [0, 0.1) is 11.8 Å². The van der Waals surface area contributed by atoms with Crippen LogP contribution in [0.5, 0.6) is 23.1 Å². The van der Waals surface area contributed by atoms with Crippen molar-refractivity contribution in [1.29, 1.82) is 0 Å². The summed E-state index contributed by atoms with van der Waals surface area (Å²) in [5, 5.41) is 4.93. The summed E-state index contributed by atoms with van der Waals surface area (Å²) in [6.45, 7) is 3.69. The van der Waals surface area contributed by atoms with E-state index in [2.05, 4.69) is 17.0 Å². The van der Waals surface area contributed by atoms with Crippen LogP contribution in [-0.2, 0) is 4.74 Å². The summed E-state index contributed by atoms with van der Waals surface area (Å²) < 4.78 is 30.4. The zero-order valence-electron chi connectivity index (χ0n) is 21.1. The first-order chi connectivity index (χ1) is 17.2. The van der Waals surface area contributed by atoms with Gasteiger partial charge in [-0.15, -0.1) is 5.10 Å². The molecule has 1 aliphatic heterocycles. The summed E-state index contributed by atoms with van der Waals surface area (Å²) in [6.07, 6.45) is 4.76. The smallest absolute Gasteiger partial charge is 0.257 e. The first kappa shape index (κ1) is 23.6. The number of anilines is 1. The van der Waals surface area contributed by atoms with Crippen molar-refractivity contribution in [3.8, 4) is 34.4 Å². The third kappa shape index (κ3) is 4.72. The predicted octanol–water partition coefficient (Wildman–Crippen LogP) is 4.68. The topological polar surface area (TPSA) is 66.7 Å². The summed E-state index contributed by atoms with van der Waals surface area (Å²) >= 11 is 0. The first-order valence-corrected chi connectivity index (χ1v) is 12.4. The summed E-state index contributed by atoms with van der Waals surface area (Å²) in [6, 6.07) is 9.92. The number of aromatic nitrogens is 2. The summed E-state index contributed by atoms with van der Waals surface area (Å²) in [5.74, 6) is 3.95. The molecule has 2 aromatic heterocycles. The van der Waals surface area contributed by atoms with Gasteiger partial charge in [0.25, 0.3) is 5.88 Å². The van der Waals surface area contributed by atoms with E-state index in [1.165, 1.54) is 12.8 Å². The minimum Gasteiger partial charge on any atom is -0.496 e. The van der Waals surface area contributed by atoms with Crippen LogP contribution < -0.4 is 23.8 Å². The number of hydrogen-bond donors (Lipinski definition) is 0. The molecular formula is C27H35N3O5. The lowest BCUT2D eigenvalue weighted by molar-refractivity contribution is 0.0681. The molecule has 3 heterocycles. The van der Waals surface area contributed by atoms with Crippen molar-refractivity contribution in [3.05, 3.63) is 30.3 Å². The highest BCUT2D eigenvalue weighted by Gasteiger charge is 2.31. The molecule has 8 nitrogen and oxygen atoms in total. The number of benzene rings is 1. The summed E-state index contributed by atoms with van der Waals surface area (Å²) in [7, 11) is 6.63. The lowest BCUT2D eigenvalue weighted by Gasteiger charge is -2.31. The second kappa shape index (κ2) is 10.2. The molecule has 5 rings (SSSR count). The molecule has 0 unspecified atom stereocenters. The molecule has 1 saturated heterocycles. The van der Waals surface area contributed by atoms with Gasteiger partial charge in [0, 0.05) is 38.4 Å². The third-order valence-corrected chi connectivity index (χ3v) is 7.08. The predicted molar refractivity (Wildman–Crippen MR) is 135 cm³/mol. The van der Waals surface area contributed by atoms with E-state index in [1.807, 2.05) is 22.7 Å². The van der Waals surface area contributed by atoms with Gasteiger partial charge >= 0.3 is 0 Å². The van der Waals surface area contributed by atoms with E-state index >= 15 is 0 Å². The second-order valence-corrected chi connectivity index (χ2v) is 9.38. The van der Waals surface area contributed by atoms with E-state index in [4.69, 9.17) is 28.8 Å². The highest BCUT2D eigenvalue weighted by molar-refractivity contribution is 5.84. The Labute approximate surface area is 206 Å². The number of hydrogen-bond acceptors (Lipinski definition) is 7. The van der Waals surface area contributed by atoms with Crippen LogP contribution >= 0.6 is 0 Å². The number of rotatable bonds is 10. The van der Waals surface area contributed by atoms with Gasteiger partial charge in [-0.2, -0.15) is 0 Å². The maximum absolute atomic E-state index is 5.86. The minimum atomic E-state index is 0.604. The molecule has 0 N–H and O–H groups in total. The average molecular weight is 482 g/mol. The Morgan fingerprint density at radius 2 is 1.54 bits per heavy atom. The molecule has 0 radical (unpaired) electrons. The second-order valence-electron chi connectivity index (χ2n) is 9.38. The Kier molecular flexibility index (Phi) is 6.90. The Morgan fingerprint density at radius 1 is 0.886 bits per heavy atom. The van der Waals surface area contributed by atoms with Crippen molar-refractivity contribution in [2.45, 2.75) is 25.7 Å². The van der Waals surface area contributed by atoms with E-state index in [0.717, 1.165) is 67.5 Å². The quantitative estimate of drug-likeness (QED) is 0.417. The molecule has 1 aromatic carbocycles. The van der Waals surface area contributed by atoms with Gasteiger partial charge in [0.15, 0.2) is 0 Å². The fraction of sp³-hybridized carbons (Fsp3) is 0.519. The highest BCUT2D eigenvalue weighted by atomic mass is 16.5. The van der Waals surface area contributed by atoms with Gasteiger partial charge in [0.2, 0.25) is 0 Å². The molecule has 1 aliphatic carbocycles. The standard InChI is InChI=1S/C27H35N3O5/c1-31-20-14-23(32-2)25(24(15-20)33-3)21-6-5-7-22-26(27(34-4)28-30(21)22)29(16-18-8-9-18)17-19-10-12-35-13-11-19/h5-7,14-15,18-19H,8-13,16-17H2,1-4H3. The molecule has 0 spiro atoms. The maximum atomic E-state index is 5.86. The molecule has 1 saturated carbocycles. The molecule has 35 heavy (non-hydrogen) atoms. The first-order valence-electron chi connectivity index (χ1n) is 12.4. The molecule has 188 valence electrons. The number of nitrogens with zero attached hydrogens (tertiary/aromatic N) is 3. The molecule has 8 heteroatoms. The Hall–Kier alpha value is -3.13. The SMILES string of the molecule is COc1cc(OC)c(-c2cccc3c(N(CC4CCOCC4)CC4CC4)c(OC)nn23)c(OC)c1. The van der Waals surface area contributed by atoms with Crippen LogP contribution in [0.1, 0.15) is 25.7 Å². The van der Waals surface area contributed by atoms with E-state index < -0.39 is 0 Å². The number of fused-ring (bicyclic) bond motifs is 1. The van der Waals surface area contributed by atoms with Gasteiger partial charge in [0.05, 0.1) is 45.2 Å². The molecule has 0 atom stereocenters. The van der Waals surface area contributed by atoms with Crippen LogP contribution in [0.25, 0.3) is 16.8 Å². The van der Waals surface area contributed by atoms with Crippen LogP contribution in [0.3, 0.4) is 0 Å². The van der Waals surface area contributed by atoms with Crippen LogP contribution in [0.4, 0.5) is 5.69 Å². The summed E-state index contributed by atoms with van der Waals surface area (Å²) in [4.78, 5) is 2.50. The van der Waals surface area contributed by atoms with Gasteiger partial charge in [-0.3, -0.25) is 0 Å². The van der Waals surface area contributed by atoms with Crippen molar-refractivity contribution >= 4 is 11.2 Å². The lowest BCUT2D eigenvalue weighted by Crippen LogP contribution is -2.34. The number of ether oxygens (including phenoxy) is 5. The van der Waals surface area contributed by atoms with E-state index in [0.29, 0.717) is 29.0 Å². The lowest BCUT2D eigenvalue weighted by atomic mass is 9.99.